The summed E-state index contributed by atoms with van der Waals surface area (Å²) in [6.45, 7) is 14.1. The molecule has 1 aromatic carbocycles. The maximum absolute atomic E-state index is 6.39. The second-order valence-electron chi connectivity index (χ2n) is 5.66. The molecule has 0 aliphatic carbocycles. The van der Waals surface area contributed by atoms with Crippen molar-refractivity contribution in [1.82, 2.24) is 10.2 Å². The standard InChI is InChI=1S/C17H29ClN2S/c1-5-20(6-2)9-10-21-17-8-7-15(11-16(17)18)13-19-12-14(3)4/h7-8,11,14,19H,5-6,9-10,12-13H2,1-4H3. The summed E-state index contributed by atoms with van der Waals surface area (Å²) in [4.78, 5) is 3.63. The van der Waals surface area contributed by atoms with E-state index in [9.17, 15) is 0 Å². The molecule has 0 atom stereocenters. The van der Waals surface area contributed by atoms with Crippen LogP contribution in [-0.4, -0.2) is 36.8 Å². The lowest BCUT2D eigenvalue weighted by Crippen LogP contribution is -2.25. The fourth-order valence-electron chi connectivity index (χ4n) is 2.10. The highest BCUT2D eigenvalue weighted by atomic mass is 35.5. The number of nitrogens with one attached hydrogen (secondary N) is 1. The van der Waals surface area contributed by atoms with E-state index in [4.69, 9.17) is 11.6 Å². The average molecular weight is 329 g/mol. The van der Waals surface area contributed by atoms with Gasteiger partial charge in [0, 0.05) is 23.7 Å². The van der Waals surface area contributed by atoms with Crippen LogP contribution in [0.25, 0.3) is 0 Å². The Kier molecular flexibility index (Phi) is 9.41. The number of rotatable bonds is 10. The van der Waals surface area contributed by atoms with Gasteiger partial charge in [-0.1, -0.05) is 45.4 Å². The van der Waals surface area contributed by atoms with Crippen LogP contribution in [-0.2, 0) is 6.54 Å². The van der Waals surface area contributed by atoms with E-state index in [0.717, 1.165) is 43.5 Å². The van der Waals surface area contributed by atoms with E-state index >= 15 is 0 Å². The largest absolute Gasteiger partial charge is 0.312 e. The van der Waals surface area contributed by atoms with Gasteiger partial charge in [0.1, 0.15) is 0 Å². The molecule has 0 fully saturated rings. The SMILES string of the molecule is CCN(CC)CCSc1ccc(CNCC(C)C)cc1Cl. The first kappa shape index (κ1) is 18.8. The fraction of sp³-hybridized carbons (Fsp3) is 0.647. The minimum atomic E-state index is 0.676. The van der Waals surface area contributed by atoms with Crippen LogP contribution in [0.1, 0.15) is 33.3 Å². The number of halogens is 1. The van der Waals surface area contributed by atoms with Crippen LogP contribution in [0.15, 0.2) is 23.1 Å². The summed E-state index contributed by atoms with van der Waals surface area (Å²) in [6, 6.07) is 6.43. The highest BCUT2D eigenvalue weighted by molar-refractivity contribution is 7.99. The third kappa shape index (κ3) is 7.55. The highest BCUT2D eigenvalue weighted by Crippen LogP contribution is 2.28. The molecular formula is C17H29ClN2S. The molecule has 0 saturated carbocycles. The lowest BCUT2D eigenvalue weighted by atomic mass is 10.2. The molecule has 0 heterocycles. The molecule has 4 heteroatoms. The smallest absolute Gasteiger partial charge is 0.0545 e. The van der Waals surface area contributed by atoms with E-state index in [1.165, 1.54) is 10.5 Å². The molecular weight excluding hydrogens is 300 g/mol. The summed E-state index contributed by atoms with van der Waals surface area (Å²) in [5, 5.41) is 4.33. The molecule has 0 saturated heterocycles. The fourth-order valence-corrected chi connectivity index (χ4v) is 3.40. The van der Waals surface area contributed by atoms with Crippen LogP contribution in [0.3, 0.4) is 0 Å². The van der Waals surface area contributed by atoms with Crippen molar-refractivity contribution in [2.45, 2.75) is 39.1 Å². The maximum atomic E-state index is 6.39. The first-order valence-corrected chi connectivity index (χ1v) is 9.27. The van der Waals surface area contributed by atoms with Gasteiger partial charge in [-0.25, -0.2) is 0 Å². The van der Waals surface area contributed by atoms with E-state index in [2.05, 4.69) is 56.1 Å². The van der Waals surface area contributed by atoms with Crippen molar-refractivity contribution in [2.24, 2.45) is 5.92 Å². The van der Waals surface area contributed by atoms with Crippen LogP contribution < -0.4 is 5.32 Å². The normalized spacial score (nSPS) is 11.6. The Morgan fingerprint density at radius 3 is 2.52 bits per heavy atom. The van der Waals surface area contributed by atoms with Crippen LogP contribution in [0.5, 0.6) is 0 Å². The van der Waals surface area contributed by atoms with Gasteiger partial charge in [0.05, 0.1) is 5.02 Å². The molecule has 0 bridgehead atoms. The molecule has 1 rings (SSSR count). The van der Waals surface area contributed by atoms with E-state index in [1.807, 2.05) is 11.8 Å². The summed E-state index contributed by atoms with van der Waals surface area (Å²) in [7, 11) is 0. The predicted octanol–water partition coefficient (Wildman–Crippen LogP) is 4.52. The first-order chi connectivity index (χ1) is 10.1. The summed E-state index contributed by atoms with van der Waals surface area (Å²) >= 11 is 8.24. The minimum Gasteiger partial charge on any atom is -0.312 e. The van der Waals surface area contributed by atoms with Gasteiger partial charge in [-0.15, -0.1) is 11.8 Å². The van der Waals surface area contributed by atoms with Crippen molar-refractivity contribution in [1.29, 1.82) is 0 Å². The quantitative estimate of drug-likeness (QED) is 0.636. The Bertz CT molecular complexity index is 406. The van der Waals surface area contributed by atoms with Gasteiger partial charge in [0.15, 0.2) is 0 Å². The third-order valence-electron chi connectivity index (χ3n) is 3.44. The van der Waals surface area contributed by atoms with Crippen LogP contribution in [0.2, 0.25) is 5.02 Å². The second kappa shape index (κ2) is 10.5. The number of hydrogen-bond acceptors (Lipinski definition) is 3. The van der Waals surface area contributed by atoms with Crippen molar-refractivity contribution < 1.29 is 0 Å². The van der Waals surface area contributed by atoms with Gasteiger partial charge in [0.25, 0.3) is 0 Å². The first-order valence-electron chi connectivity index (χ1n) is 7.91. The van der Waals surface area contributed by atoms with E-state index in [1.54, 1.807) is 0 Å². The Balaban J connectivity index is 2.43. The summed E-state index contributed by atoms with van der Waals surface area (Å²) in [5.74, 6) is 1.77. The summed E-state index contributed by atoms with van der Waals surface area (Å²) in [6.07, 6.45) is 0. The molecule has 1 aromatic rings. The molecule has 0 aliphatic rings. The maximum Gasteiger partial charge on any atom is 0.0545 e. The zero-order chi connectivity index (χ0) is 15.7. The van der Waals surface area contributed by atoms with Gasteiger partial charge in [-0.05, 0) is 43.2 Å². The number of benzene rings is 1. The molecule has 2 nitrogen and oxygen atoms in total. The molecule has 21 heavy (non-hydrogen) atoms. The summed E-state index contributed by atoms with van der Waals surface area (Å²) < 4.78 is 0. The molecule has 0 unspecified atom stereocenters. The van der Waals surface area contributed by atoms with Gasteiger partial charge in [-0.3, -0.25) is 0 Å². The van der Waals surface area contributed by atoms with E-state index in [0.29, 0.717) is 5.92 Å². The zero-order valence-electron chi connectivity index (χ0n) is 13.8. The van der Waals surface area contributed by atoms with Crippen molar-refractivity contribution in [3.05, 3.63) is 28.8 Å². The Morgan fingerprint density at radius 1 is 1.24 bits per heavy atom. The third-order valence-corrected chi connectivity index (χ3v) is 4.92. The Labute approximate surface area is 139 Å². The number of thioether (sulfide) groups is 1. The zero-order valence-corrected chi connectivity index (χ0v) is 15.4. The van der Waals surface area contributed by atoms with Gasteiger partial charge < -0.3 is 10.2 Å². The lowest BCUT2D eigenvalue weighted by Gasteiger charge is -2.17. The minimum absolute atomic E-state index is 0.676. The molecule has 1 N–H and O–H groups in total. The second-order valence-corrected chi connectivity index (χ2v) is 7.21. The molecule has 0 amide bonds. The van der Waals surface area contributed by atoms with Crippen LogP contribution in [0, 0.1) is 5.92 Å². The van der Waals surface area contributed by atoms with E-state index < -0.39 is 0 Å². The highest BCUT2D eigenvalue weighted by Gasteiger charge is 2.05. The summed E-state index contributed by atoms with van der Waals surface area (Å²) in [5.41, 5.74) is 1.26. The number of nitrogens with zero attached hydrogens (tertiary/aromatic N) is 1. The molecule has 0 spiro atoms. The van der Waals surface area contributed by atoms with Crippen molar-refractivity contribution >= 4 is 23.4 Å². The van der Waals surface area contributed by atoms with Crippen molar-refractivity contribution in [2.75, 3.05) is 31.9 Å². The molecule has 0 aliphatic heterocycles. The average Bonchev–Trinajstić information content (AvgIpc) is 2.45. The van der Waals surface area contributed by atoms with Crippen LogP contribution in [0.4, 0.5) is 0 Å². The topological polar surface area (TPSA) is 15.3 Å². The lowest BCUT2D eigenvalue weighted by molar-refractivity contribution is 0.324. The van der Waals surface area contributed by atoms with Crippen LogP contribution >= 0.6 is 23.4 Å². The Hall–Kier alpha value is -0.220. The van der Waals surface area contributed by atoms with Crippen molar-refractivity contribution in [3.63, 3.8) is 0 Å². The predicted molar refractivity (Wildman–Crippen MR) is 96.5 cm³/mol. The molecule has 0 radical (unpaired) electrons. The number of hydrogen-bond donors (Lipinski definition) is 1. The molecule has 120 valence electrons. The van der Waals surface area contributed by atoms with Gasteiger partial charge >= 0.3 is 0 Å². The monoisotopic (exact) mass is 328 g/mol. The van der Waals surface area contributed by atoms with E-state index in [-0.39, 0.29) is 0 Å². The Morgan fingerprint density at radius 2 is 1.95 bits per heavy atom. The van der Waals surface area contributed by atoms with Gasteiger partial charge in [0.2, 0.25) is 0 Å². The molecule has 0 aromatic heterocycles. The van der Waals surface area contributed by atoms with Gasteiger partial charge in [-0.2, -0.15) is 0 Å². The van der Waals surface area contributed by atoms with Crippen molar-refractivity contribution in [3.8, 4) is 0 Å².